The molecule has 36 heavy (non-hydrogen) atoms. The maximum Gasteiger partial charge on any atom is 0.321 e. The van der Waals surface area contributed by atoms with Gasteiger partial charge in [-0.05, 0) is 37.3 Å². The number of ether oxygens (including phenoxy) is 1. The lowest BCUT2D eigenvalue weighted by molar-refractivity contribution is 0.0830. The molecule has 1 aliphatic rings. The summed E-state index contributed by atoms with van der Waals surface area (Å²) in [5, 5.41) is 12.6. The third kappa shape index (κ3) is 6.58. The highest BCUT2D eigenvalue weighted by molar-refractivity contribution is 7.89. The van der Waals surface area contributed by atoms with Gasteiger partial charge in [0.15, 0.2) is 0 Å². The topological polar surface area (TPSA) is 99.2 Å². The van der Waals surface area contributed by atoms with E-state index in [2.05, 4.69) is 17.2 Å². The van der Waals surface area contributed by atoms with Crippen molar-refractivity contribution in [3.63, 3.8) is 0 Å². The van der Waals surface area contributed by atoms with Gasteiger partial charge < -0.3 is 20.1 Å². The van der Waals surface area contributed by atoms with Crippen molar-refractivity contribution >= 4 is 21.7 Å². The van der Waals surface area contributed by atoms with E-state index in [1.165, 1.54) is 15.3 Å². The molecule has 0 aliphatic carbocycles. The number of fused-ring (bicyclic) bond motifs is 1. The number of amides is 2. The average Bonchev–Trinajstić information content (AvgIpc) is 2.84. The number of sulfonamides is 1. The van der Waals surface area contributed by atoms with Crippen LogP contribution in [0.1, 0.15) is 33.3 Å². The van der Waals surface area contributed by atoms with Crippen LogP contribution in [0, 0.1) is 23.7 Å². The van der Waals surface area contributed by atoms with Gasteiger partial charge in [0.25, 0.3) is 0 Å². The molecule has 0 saturated heterocycles. The number of hydrogen-bond donors (Lipinski definition) is 2. The zero-order valence-electron chi connectivity index (χ0n) is 21.4. The fourth-order valence-electron chi connectivity index (χ4n) is 3.84. The molecule has 8 nitrogen and oxygen atoms in total. The molecular formula is C27H35N3O5S. The Morgan fingerprint density at radius 2 is 1.92 bits per heavy atom. The number of rotatable bonds is 5. The predicted molar refractivity (Wildman–Crippen MR) is 140 cm³/mol. The fraction of sp³-hybridized carbons (Fsp3) is 0.444. The van der Waals surface area contributed by atoms with Crippen molar-refractivity contribution in [1.82, 2.24) is 9.21 Å². The van der Waals surface area contributed by atoms with Gasteiger partial charge in [-0.25, -0.2) is 13.2 Å². The number of hydrogen-bond acceptors (Lipinski definition) is 5. The van der Waals surface area contributed by atoms with E-state index in [9.17, 15) is 18.3 Å². The minimum Gasteiger partial charge on any atom is -0.487 e. The van der Waals surface area contributed by atoms with Crippen molar-refractivity contribution in [2.24, 2.45) is 11.8 Å². The Balaban J connectivity index is 1.96. The summed E-state index contributed by atoms with van der Waals surface area (Å²) in [5.74, 6) is 6.21. The lowest BCUT2D eigenvalue weighted by Gasteiger charge is -2.37. The number of urea groups is 1. The first kappa shape index (κ1) is 27.5. The molecule has 3 atom stereocenters. The van der Waals surface area contributed by atoms with Crippen molar-refractivity contribution in [3.8, 4) is 17.6 Å². The molecule has 0 saturated carbocycles. The molecule has 0 unspecified atom stereocenters. The van der Waals surface area contributed by atoms with Crippen LogP contribution in [0.25, 0.3) is 0 Å². The highest BCUT2D eigenvalue weighted by atomic mass is 32.2. The fourth-order valence-corrected chi connectivity index (χ4v) is 5.67. The van der Waals surface area contributed by atoms with Crippen molar-refractivity contribution in [1.29, 1.82) is 0 Å². The van der Waals surface area contributed by atoms with Crippen LogP contribution >= 0.6 is 0 Å². The number of carbonyl (C=O) groups is 1. The first-order valence-electron chi connectivity index (χ1n) is 12.0. The molecule has 0 spiro atoms. The maximum atomic E-state index is 13.6. The van der Waals surface area contributed by atoms with Crippen LogP contribution in [-0.4, -0.2) is 67.7 Å². The van der Waals surface area contributed by atoms with E-state index in [1.807, 2.05) is 39.0 Å². The summed E-state index contributed by atoms with van der Waals surface area (Å²) in [7, 11) is -2.27. The molecule has 1 heterocycles. The molecule has 9 heteroatoms. The Hall–Kier alpha value is -3.06. The smallest absolute Gasteiger partial charge is 0.321 e. The van der Waals surface area contributed by atoms with E-state index in [0.717, 1.165) is 0 Å². The molecule has 1 aliphatic heterocycles. The van der Waals surface area contributed by atoms with Crippen LogP contribution < -0.4 is 10.1 Å². The SMILES string of the molecule is CC(C)C#Cc1ccc2c(c1)O[C@@H](CN(C)C(=O)Nc1ccccc1)[C@H](C)CN([C@@H](C)CO)S2(=O)=O. The Morgan fingerprint density at radius 1 is 1.22 bits per heavy atom. The minimum absolute atomic E-state index is 0.0196. The van der Waals surface area contributed by atoms with E-state index >= 15 is 0 Å². The highest BCUT2D eigenvalue weighted by Gasteiger charge is 2.38. The lowest BCUT2D eigenvalue weighted by Crippen LogP contribution is -2.50. The monoisotopic (exact) mass is 513 g/mol. The van der Waals surface area contributed by atoms with Gasteiger partial charge >= 0.3 is 6.03 Å². The number of likely N-dealkylation sites (N-methyl/N-ethyl adjacent to an activating group) is 1. The number of nitrogens with one attached hydrogen (secondary N) is 1. The van der Waals surface area contributed by atoms with Crippen LogP contribution in [0.15, 0.2) is 53.4 Å². The number of nitrogens with zero attached hydrogens (tertiary/aromatic N) is 2. The predicted octanol–water partition coefficient (Wildman–Crippen LogP) is 3.63. The molecule has 2 N–H and O–H groups in total. The zero-order valence-corrected chi connectivity index (χ0v) is 22.2. The normalized spacial score (nSPS) is 20.1. The standard InChI is InChI=1S/C27H35N3O5S/c1-19(2)11-12-22-13-14-26-24(15-22)35-25(20(3)16-30(21(4)18-31)36(26,33)34)17-29(5)27(32)28-23-9-7-6-8-10-23/h6-10,13-15,19-21,25,31H,16-18H2,1-5H3,(H,28,32)/t20-,21+,25+/m1/s1. The summed E-state index contributed by atoms with van der Waals surface area (Å²) in [5.41, 5.74) is 1.32. The van der Waals surface area contributed by atoms with Crippen LogP contribution in [0.3, 0.4) is 0 Å². The summed E-state index contributed by atoms with van der Waals surface area (Å²) in [6.45, 7) is 7.55. The van der Waals surface area contributed by atoms with Gasteiger partial charge in [0.2, 0.25) is 10.0 Å². The second-order valence-corrected chi connectivity index (χ2v) is 11.4. The Morgan fingerprint density at radius 3 is 2.56 bits per heavy atom. The summed E-state index contributed by atoms with van der Waals surface area (Å²) in [4.78, 5) is 14.4. The molecule has 0 bridgehead atoms. The highest BCUT2D eigenvalue weighted by Crippen LogP contribution is 2.34. The van der Waals surface area contributed by atoms with Crippen LogP contribution in [0.2, 0.25) is 0 Å². The minimum atomic E-state index is -3.94. The molecular weight excluding hydrogens is 478 g/mol. The second kappa shape index (κ2) is 11.8. The molecule has 3 rings (SSSR count). The van der Waals surface area contributed by atoms with Gasteiger partial charge in [-0.2, -0.15) is 4.31 Å². The summed E-state index contributed by atoms with van der Waals surface area (Å²) < 4.78 is 34.8. The Bertz CT molecular complexity index is 1220. The first-order valence-corrected chi connectivity index (χ1v) is 13.5. The van der Waals surface area contributed by atoms with Gasteiger partial charge in [-0.15, -0.1) is 0 Å². The quantitative estimate of drug-likeness (QED) is 0.595. The van der Waals surface area contributed by atoms with Crippen molar-refractivity contribution in [2.75, 3.05) is 32.1 Å². The summed E-state index contributed by atoms with van der Waals surface area (Å²) in [6, 6.07) is 13.0. The number of benzene rings is 2. The van der Waals surface area contributed by atoms with Gasteiger partial charge in [-0.3, -0.25) is 0 Å². The van der Waals surface area contributed by atoms with Gasteiger partial charge in [0, 0.05) is 42.7 Å². The molecule has 194 valence electrons. The molecule has 0 aromatic heterocycles. The van der Waals surface area contributed by atoms with Crippen molar-refractivity contribution in [2.45, 2.75) is 44.7 Å². The number of aliphatic hydroxyl groups excluding tert-OH is 1. The number of anilines is 1. The second-order valence-electron chi connectivity index (χ2n) is 9.50. The van der Waals surface area contributed by atoms with E-state index in [4.69, 9.17) is 4.74 Å². The average molecular weight is 514 g/mol. The first-order chi connectivity index (χ1) is 17.0. The maximum absolute atomic E-state index is 13.6. The van der Waals surface area contributed by atoms with Gasteiger partial charge in [-0.1, -0.05) is 50.8 Å². The van der Waals surface area contributed by atoms with Crippen LogP contribution in [-0.2, 0) is 10.0 Å². The largest absolute Gasteiger partial charge is 0.487 e. The Kier molecular flexibility index (Phi) is 9.01. The Labute approximate surface area is 214 Å². The number of para-hydroxylation sites is 1. The van der Waals surface area contributed by atoms with E-state index in [0.29, 0.717) is 11.3 Å². The molecule has 0 fully saturated rings. The van der Waals surface area contributed by atoms with Gasteiger partial charge in [0.1, 0.15) is 16.7 Å². The van der Waals surface area contributed by atoms with Crippen molar-refractivity contribution in [3.05, 3.63) is 54.1 Å². The molecule has 2 aromatic rings. The summed E-state index contributed by atoms with van der Waals surface area (Å²) in [6.07, 6.45) is -0.507. The lowest BCUT2D eigenvalue weighted by atomic mass is 10.0. The van der Waals surface area contributed by atoms with Crippen molar-refractivity contribution < 1.29 is 23.1 Å². The zero-order chi connectivity index (χ0) is 26.5. The van der Waals surface area contributed by atoms with Gasteiger partial charge in [0.05, 0.1) is 13.2 Å². The van der Waals surface area contributed by atoms with Crippen LogP contribution in [0.5, 0.6) is 5.75 Å². The van der Waals surface area contributed by atoms with E-state index < -0.39 is 22.2 Å². The third-order valence-corrected chi connectivity index (χ3v) is 8.02. The summed E-state index contributed by atoms with van der Waals surface area (Å²) >= 11 is 0. The molecule has 0 radical (unpaired) electrons. The number of aliphatic hydroxyl groups is 1. The van der Waals surface area contributed by atoms with E-state index in [1.54, 1.807) is 38.2 Å². The molecule has 2 amide bonds. The number of carbonyl (C=O) groups excluding carboxylic acids is 1. The molecule has 2 aromatic carbocycles. The third-order valence-electron chi connectivity index (χ3n) is 6.00. The van der Waals surface area contributed by atoms with E-state index in [-0.39, 0.29) is 48.2 Å². The van der Waals surface area contributed by atoms with Crippen LogP contribution in [0.4, 0.5) is 10.5 Å².